The Morgan fingerprint density at radius 2 is 1.70 bits per heavy atom. The van der Waals surface area contributed by atoms with Gasteiger partial charge < -0.3 is 20.3 Å². The minimum Gasteiger partial charge on any atom is -0.455 e. The zero-order chi connectivity index (χ0) is 28.4. The smallest absolute Gasteiger partial charge is 0.262 e. The maximum absolute atomic E-state index is 13.2. The number of anilines is 2. The highest BCUT2D eigenvalue weighted by molar-refractivity contribution is 7.92. The van der Waals surface area contributed by atoms with Gasteiger partial charge in [0.2, 0.25) is 0 Å². The van der Waals surface area contributed by atoms with Gasteiger partial charge in [-0.25, -0.2) is 8.42 Å². The summed E-state index contributed by atoms with van der Waals surface area (Å²) in [6.45, 7) is 8.69. The van der Waals surface area contributed by atoms with Crippen molar-refractivity contribution in [2.45, 2.75) is 44.4 Å². The summed E-state index contributed by atoms with van der Waals surface area (Å²) in [4.78, 5) is 14.8. The zero-order valence-corrected chi connectivity index (χ0v) is 24.2. The van der Waals surface area contributed by atoms with E-state index in [0.717, 1.165) is 50.6 Å². The number of nitrogens with one attached hydrogen (secondary N) is 3. The summed E-state index contributed by atoms with van der Waals surface area (Å²) in [6, 6.07) is 20.6. The van der Waals surface area contributed by atoms with Crippen LogP contribution >= 0.6 is 0 Å². The Bertz CT molecular complexity index is 1350. The molecule has 1 amide bonds. The fourth-order valence-electron chi connectivity index (χ4n) is 4.95. The third-order valence-corrected chi connectivity index (χ3v) is 8.65. The van der Waals surface area contributed by atoms with Gasteiger partial charge in [-0.05, 0) is 107 Å². The highest BCUT2D eigenvalue weighted by Crippen LogP contribution is 2.32. The molecule has 1 aliphatic heterocycles. The first-order valence-corrected chi connectivity index (χ1v) is 15.6. The van der Waals surface area contributed by atoms with Crippen LogP contribution in [0.2, 0.25) is 0 Å². The van der Waals surface area contributed by atoms with E-state index >= 15 is 0 Å². The van der Waals surface area contributed by atoms with Crippen molar-refractivity contribution in [3.63, 3.8) is 0 Å². The standard InChI is InChI=1S/C31H40N4O4S/c1-3-35(4-2)26-10-7-11-27(23-26)39-30-13-6-5-12-29(30)34-40(37,38)28-16-14-25(15-17-28)31(36)33-20-8-9-24-18-21-32-22-19-24/h5-7,10-17,23-24,32,34H,3-4,8-9,18-22H2,1-2H3,(H,33,36). The van der Waals surface area contributed by atoms with Crippen LogP contribution in [0.4, 0.5) is 11.4 Å². The summed E-state index contributed by atoms with van der Waals surface area (Å²) in [5.74, 6) is 1.53. The SMILES string of the molecule is CCN(CC)c1cccc(Oc2ccccc2NS(=O)(=O)c2ccc(C(=O)NCCCC3CCNCC3)cc2)c1. The summed E-state index contributed by atoms with van der Waals surface area (Å²) < 4.78 is 35.1. The van der Waals surface area contributed by atoms with E-state index in [4.69, 9.17) is 4.74 Å². The number of benzene rings is 3. The van der Waals surface area contributed by atoms with Crippen molar-refractivity contribution in [2.24, 2.45) is 5.92 Å². The summed E-state index contributed by atoms with van der Waals surface area (Å²) >= 11 is 0. The highest BCUT2D eigenvalue weighted by atomic mass is 32.2. The molecule has 0 unspecified atom stereocenters. The Morgan fingerprint density at radius 3 is 2.42 bits per heavy atom. The summed E-state index contributed by atoms with van der Waals surface area (Å²) in [7, 11) is -3.91. The molecule has 8 nitrogen and oxygen atoms in total. The largest absolute Gasteiger partial charge is 0.455 e. The van der Waals surface area contributed by atoms with Gasteiger partial charge in [-0.2, -0.15) is 0 Å². The van der Waals surface area contributed by atoms with E-state index in [-0.39, 0.29) is 10.8 Å². The van der Waals surface area contributed by atoms with Crippen molar-refractivity contribution < 1.29 is 17.9 Å². The minimum absolute atomic E-state index is 0.0632. The van der Waals surface area contributed by atoms with Crippen LogP contribution in [0.15, 0.2) is 77.7 Å². The van der Waals surface area contributed by atoms with Gasteiger partial charge >= 0.3 is 0 Å². The van der Waals surface area contributed by atoms with Crippen LogP contribution in [-0.2, 0) is 10.0 Å². The van der Waals surface area contributed by atoms with Gasteiger partial charge in [0.15, 0.2) is 5.75 Å². The van der Waals surface area contributed by atoms with Crippen LogP contribution in [0.5, 0.6) is 11.5 Å². The number of ether oxygens (including phenoxy) is 1. The number of hydrogen-bond acceptors (Lipinski definition) is 6. The van der Waals surface area contributed by atoms with Crippen molar-refractivity contribution in [2.75, 3.05) is 42.3 Å². The molecule has 214 valence electrons. The number of carbonyl (C=O) groups excluding carboxylic acids is 1. The van der Waals surface area contributed by atoms with E-state index < -0.39 is 10.0 Å². The first-order chi connectivity index (χ1) is 19.4. The van der Waals surface area contributed by atoms with Crippen LogP contribution in [0.3, 0.4) is 0 Å². The molecular formula is C31H40N4O4S. The fourth-order valence-corrected chi connectivity index (χ4v) is 6.02. The molecule has 3 N–H and O–H groups in total. The Labute approximate surface area is 238 Å². The van der Waals surface area contributed by atoms with Gasteiger partial charge in [-0.3, -0.25) is 9.52 Å². The second-order valence-corrected chi connectivity index (χ2v) is 11.7. The quantitative estimate of drug-likeness (QED) is 0.233. The van der Waals surface area contributed by atoms with Crippen molar-refractivity contribution >= 4 is 27.3 Å². The van der Waals surface area contributed by atoms with Crippen LogP contribution < -0.4 is 25.0 Å². The summed E-state index contributed by atoms with van der Waals surface area (Å²) in [5.41, 5.74) is 1.79. The highest BCUT2D eigenvalue weighted by Gasteiger charge is 2.18. The number of nitrogens with zero attached hydrogens (tertiary/aromatic N) is 1. The van der Waals surface area contributed by atoms with Crippen LogP contribution in [0.1, 0.15) is 49.9 Å². The molecule has 1 saturated heterocycles. The van der Waals surface area contributed by atoms with Gasteiger partial charge in [0.25, 0.3) is 15.9 Å². The molecule has 0 radical (unpaired) electrons. The average molecular weight is 565 g/mol. The summed E-state index contributed by atoms with van der Waals surface area (Å²) in [5, 5.41) is 6.32. The first-order valence-electron chi connectivity index (χ1n) is 14.1. The third kappa shape index (κ3) is 7.99. The van der Waals surface area contributed by atoms with Gasteiger partial charge in [0, 0.05) is 37.0 Å². The van der Waals surface area contributed by atoms with E-state index in [1.54, 1.807) is 24.3 Å². The molecule has 3 aromatic rings. The Balaban J connectivity index is 1.37. The lowest BCUT2D eigenvalue weighted by molar-refractivity contribution is 0.0952. The van der Waals surface area contributed by atoms with E-state index in [9.17, 15) is 13.2 Å². The van der Waals surface area contributed by atoms with E-state index in [1.165, 1.54) is 37.1 Å². The maximum Gasteiger partial charge on any atom is 0.262 e. The number of hydrogen-bond donors (Lipinski definition) is 3. The molecule has 0 bridgehead atoms. The monoisotopic (exact) mass is 564 g/mol. The van der Waals surface area contributed by atoms with E-state index in [0.29, 0.717) is 29.3 Å². The molecule has 1 aliphatic rings. The molecule has 3 aromatic carbocycles. The molecule has 1 heterocycles. The second kappa shape index (κ2) is 14.2. The Kier molecular flexibility index (Phi) is 10.4. The predicted molar refractivity (Wildman–Crippen MR) is 161 cm³/mol. The van der Waals surface area contributed by atoms with Crippen molar-refractivity contribution in [3.05, 3.63) is 78.4 Å². The zero-order valence-electron chi connectivity index (χ0n) is 23.4. The van der Waals surface area contributed by atoms with Crippen molar-refractivity contribution in [3.8, 4) is 11.5 Å². The lowest BCUT2D eigenvalue weighted by Gasteiger charge is -2.22. The van der Waals surface area contributed by atoms with Crippen LogP contribution in [-0.4, -0.2) is 47.0 Å². The molecular weight excluding hydrogens is 524 g/mol. The lowest BCUT2D eigenvalue weighted by Crippen LogP contribution is -2.29. The van der Waals surface area contributed by atoms with Gasteiger partial charge in [-0.1, -0.05) is 18.2 Å². The molecule has 4 rings (SSSR count). The number of sulfonamides is 1. The van der Waals surface area contributed by atoms with E-state index in [1.807, 2.05) is 24.3 Å². The normalized spacial score (nSPS) is 13.9. The van der Waals surface area contributed by atoms with Gasteiger partial charge in [0.1, 0.15) is 5.75 Å². The molecule has 0 saturated carbocycles. The molecule has 0 atom stereocenters. The number of rotatable bonds is 13. The second-order valence-electron chi connectivity index (χ2n) is 9.99. The Morgan fingerprint density at radius 1 is 0.975 bits per heavy atom. The van der Waals surface area contributed by atoms with Gasteiger partial charge in [0.05, 0.1) is 10.6 Å². The van der Waals surface area contributed by atoms with Crippen LogP contribution in [0, 0.1) is 5.92 Å². The predicted octanol–water partition coefficient (Wildman–Crippen LogP) is 5.64. The minimum atomic E-state index is -3.91. The van der Waals surface area contributed by atoms with Crippen molar-refractivity contribution in [1.82, 2.24) is 10.6 Å². The number of amides is 1. The molecule has 1 fully saturated rings. The molecule has 9 heteroatoms. The first kappa shape index (κ1) is 29.4. The average Bonchev–Trinajstić information content (AvgIpc) is 2.98. The topological polar surface area (TPSA) is 99.8 Å². The van der Waals surface area contributed by atoms with Crippen molar-refractivity contribution in [1.29, 1.82) is 0 Å². The molecule has 40 heavy (non-hydrogen) atoms. The fraction of sp³-hybridized carbons (Fsp3) is 0.387. The Hall–Kier alpha value is -3.56. The van der Waals surface area contributed by atoms with Crippen LogP contribution in [0.25, 0.3) is 0 Å². The summed E-state index contributed by atoms with van der Waals surface area (Å²) in [6.07, 6.45) is 4.43. The number of piperidine rings is 1. The van der Waals surface area contributed by atoms with E-state index in [2.05, 4.69) is 34.1 Å². The maximum atomic E-state index is 13.2. The molecule has 0 aromatic heterocycles. The molecule has 0 spiro atoms. The lowest BCUT2D eigenvalue weighted by atomic mass is 9.93. The number of carbonyl (C=O) groups is 1. The number of para-hydroxylation sites is 2. The molecule has 0 aliphatic carbocycles. The van der Waals surface area contributed by atoms with Gasteiger partial charge in [-0.15, -0.1) is 0 Å². The third-order valence-electron chi connectivity index (χ3n) is 7.27.